The number of rotatable bonds is 4. The quantitative estimate of drug-likeness (QED) is 0.617. The van der Waals surface area contributed by atoms with Gasteiger partial charge in [-0.1, -0.05) is 0 Å². The molecule has 1 saturated heterocycles. The minimum Gasteiger partial charge on any atom is -0.365 e. The van der Waals surface area contributed by atoms with Crippen molar-refractivity contribution in [1.29, 1.82) is 0 Å². The highest BCUT2D eigenvalue weighted by Gasteiger charge is 2.46. The Morgan fingerprint density at radius 2 is 2.00 bits per heavy atom. The summed E-state index contributed by atoms with van der Waals surface area (Å²) < 4.78 is 69.1. The molecule has 0 unspecified atom stereocenters. The molecule has 1 aliphatic heterocycles. The number of amides is 1. The number of aromatic nitrogens is 2. The third kappa shape index (κ3) is 4.24. The molecule has 0 spiro atoms. The van der Waals surface area contributed by atoms with Crippen LogP contribution in [0.4, 0.5) is 27.8 Å². The molecule has 31 heavy (non-hydrogen) atoms. The lowest BCUT2D eigenvalue weighted by Gasteiger charge is -2.39. The maximum Gasteiger partial charge on any atom is 0.417 e. The number of alkyl halides is 5. The number of nitrogens with one attached hydrogen (secondary N) is 1. The van der Waals surface area contributed by atoms with Crippen molar-refractivity contribution in [3.8, 4) is 10.4 Å². The molecule has 11 heteroatoms. The molecule has 0 aromatic carbocycles. The van der Waals surface area contributed by atoms with Crippen LogP contribution < -0.4 is 5.32 Å². The predicted octanol–water partition coefficient (Wildman–Crippen LogP) is 5.45. The van der Waals surface area contributed by atoms with Gasteiger partial charge in [0.2, 0.25) is 0 Å². The molecule has 2 fully saturated rings. The standard InChI is InChI=1S/C20H21F5N4OS/c1-11-7-19(21,22)9-29(11)17(30)15-16(31-10-27-15)12-8-26-14(6-13(12)20(23,24)25)28-18(2)4-3-5-18/h6,8,10-11H,3-5,7,9H2,1-2H3,(H,26,28)/t11-/m0/s1. The number of carbonyl (C=O) groups excluding carboxylic acids is 1. The van der Waals surface area contributed by atoms with Gasteiger partial charge in [-0.15, -0.1) is 11.3 Å². The van der Waals surface area contributed by atoms with E-state index in [0.717, 1.165) is 47.8 Å². The third-order valence-corrected chi connectivity index (χ3v) is 6.76. The maximum atomic E-state index is 13.9. The van der Waals surface area contributed by atoms with Crippen molar-refractivity contribution in [3.63, 3.8) is 0 Å². The second-order valence-corrected chi connectivity index (χ2v) is 9.38. The van der Waals surface area contributed by atoms with Gasteiger partial charge >= 0.3 is 6.18 Å². The Kier molecular flexibility index (Phi) is 5.22. The fourth-order valence-electron chi connectivity index (χ4n) is 4.09. The minimum absolute atomic E-state index is 0.0337. The summed E-state index contributed by atoms with van der Waals surface area (Å²) in [6.45, 7) is 2.62. The molecule has 168 valence electrons. The van der Waals surface area contributed by atoms with E-state index in [1.165, 1.54) is 12.4 Å². The number of halogens is 5. The Morgan fingerprint density at radius 1 is 1.29 bits per heavy atom. The largest absolute Gasteiger partial charge is 0.417 e. The number of likely N-dealkylation sites (tertiary alicyclic amines) is 1. The number of thiazole rings is 1. The van der Waals surface area contributed by atoms with Crippen molar-refractivity contribution in [2.45, 2.75) is 63.2 Å². The van der Waals surface area contributed by atoms with Gasteiger partial charge in [0.05, 0.1) is 22.5 Å². The van der Waals surface area contributed by atoms with Crippen molar-refractivity contribution in [1.82, 2.24) is 14.9 Å². The molecule has 2 aromatic heterocycles. The van der Waals surface area contributed by atoms with Crippen LogP contribution >= 0.6 is 11.3 Å². The summed E-state index contributed by atoms with van der Waals surface area (Å²) in [6.07, 6.45) is -1.46. The summed E-state index contributed by atoms with van der Waals surface area (Å²) >= 11 is 0.849. The molecule has 4 rings (SSSR count). The molecule has 3 heterocycles. The van der Waals surface area contributed by atoms with Crippen molar-refractivity contribution in [2.24, 2.45) is 0 Å². The SMILES string of the molecule is C[C@H]1CC(F)(F)CN1C(=O)c1ncsc1-c1cnc(NC2(C)CCC2)cc1C(F)(F)F. The third-order valence-electron chi connectivity index (χ3n) is 5.90. The first kappa shape index (κ1) is 21.9. The van der Waals surface area contributed by atoms with E-state index < -0.39 is 42.6 Å². The van der Waals surface area contributed by atoms with E-state index in [2.05, 4.69) is 15.3 Å². The first-order chi connectivity index (χ1) is 14.4. The smallest absolute Gasteiger partial charge is 0.365 e. The molecule has 1 amide bonds. The first-order valence-corrected chi connectivity index (χ1v) is 10.7. The lowest BCUT2D eigenvalue weighted by Crippen LogP contribution is -2.41. The second kappa shape index (κ2) is 7.39. The van der Waals surface area contributed by atoms with Gasteiger partial charge in [0.25, 0.3) is 11.8 Å². The Morgan fingerprint density at radius 3 is 2.55 bits per heavy atom. The molecule has 1 saturated carbocycles. The molecule has 2 aromatic rings. The highest BCUT2D eigenvalue weighted by molar-refractivity contribution is 7.13. The number of hydrogen-bond donors (Lipinski definition) is 1. The molecule has 2 aliphatic rings. The first-order valence-electron chi connectivity index (χ1n) is 9.87. The topological polar surface area (TPSA) is 58.1 Å². The van der Waals surface area contributed by atoms with E-state index >= 15 is 0 Å². The van der Waals surface area contributed by atoms with E-state index in [1.54, 1.807) is 0 Å². The van der Waals surface area contributed by atoms with Crippen LogP contribution in [0.1, 0.15) is 55.6 Å². The van der Waals surface area contributed by atoms with Crippen LogP contribution in [0.2, 0.25) is 0 Å². The molecule has 5 nitrogen and oxygen atoms in total. The summed E-state index contributed by atoms with van der Waals surface area (Å²) in [6, 6.07) is 0.187. The monoisotopic (exact) mass is 460 g/mol. The van der Waals surface area contributed by atoms with Crippen LogP contribution in [0, 0.1) is 0 Å². The Labute approximate surface area is 179 Å². The lowest BCUT2D eigenvalue weighted by atomic mass is 9.78. The number of pyridine rings is 1. The van der Waals surface area contributed by atoms with E-state index in [1.807, 2.05) is 6.92 Å². The van der Waals surface area contributed by atoms with E-state index in [9.17, 15) is 26.7 Å². The number of carbonyl (C=O) groups is 1. The van der Waals surface area contributed by atoms with E-state index in [0.29, 0.717) is 0 Å². The fraction of sp³-hybridized carbons (Fsp3) is 0.550. The zero-order valence-electron chi connectivity index (χ0n) is 16.9. The van der Waals surface area contributed by atoms with Crippen molar-refractivity contribution in [3.05, 3.63) is 29.0 Å². The lowest BCUT2D eigenvalue weighted by molar-refractivity contribution is -0.137. The van der Waals surface area contributed by atoms with Crippen LogP contribution in [0.5, 0.6) is 0 Å². The van der Waals surface area contributed by atoms with Crippen LogP contribution in [-0.2, 0) is 6.18 Å². The van der Waals surface area contributed by atoms with Crippen molar-refractivity contribution in [2.75, 3.05) is 11.9 Å². The average Bonchev–Trinajstić information content (AvgIpc) is 3.22. The number of anilines is 1. The van der Waals surface area contributed by atoms with Gasteiger partial charge in [0, 0.05) is 29.8 Å². The Bertz CT molecular complexity index is 1000. The summed E-state index contributed by atoms with van der Waals surface area (Å²) in [7, 11) is 0. The predicted molar refractivity (Wildman–Crippen MR) is 106 cm³/mol. The Hall–Kier alpha value is -2.30. The second-order valence-electron chi connectivity index (χ2n) is 8.52. The number of nitrogens with zero attached hydrogens (tertiary/aromatic N) is 3. The maximum absolute atomic E-state index is 13.9. The molecular weight excluding hydrogens is 439 g/mol. The van der Waals surface area contributed by atoms with E-state index in [-0.39, 0.29) is 27.5 Å². The van der Waals surface area contributed by atoms with Crippen LogP contribution in [0.15, 0.2) is 17.8 Å². The minimum atomic E-state index is -4.70. The van der Waals surface area contributed by atoms with Crippen LogP contribution in [0.3, 0.4) is 0 Å². The fourth-order valence-corrected chi connectivity index (χ4v) is 4.89. The summed E-state index contributed by atoms with van der Waals surface area (Å²) in [4.78, 5) is 21.9. The van der Waals surface area contributed by atoms with Gasteiger partial charge in [-0.3, -0.25) is 4.79 Å². The van der Waals surface area contributed by atoms with Gasteiger partial charge < -0.3 is 10.2 Å². The van der Waals surface area contributed by atoms with Gasteiger partial charge in [0.15, 0.2) is 0 Å². The zero-order chi connectivity index (χ0) is 22.6. The zero-order valence-corrected chi connectivity index (χ0v) is 17.7. The Balaban J connectivity index is 1.70. The van der Waals surface area contributed by atoms with Crippen LogP contribution in [-0.4, -0.2) is 44.8 Å². The molecule has 1 aliphatic carbocycles. The number of hydrogen-bond acceptors (Lipinski definition) is 5. The summed E-state index contributed by atoms with van der Waals surface area (Å²) in [5, 5.41) is 3.05. The molecule has 1 atom stereocenters. The van der Waals surface area contributed by atoms with Gasteiger partial charge in [0.1, 0.15) is 11.5 Å². The van der Waals surface area contributed by atoms with Gasteiger partial charge in [-0.05, 0) is 39.2 Å². The molecule has 1 N–H and O–H groups in total. The normalized spacial score (nSPS) is 22.3. The van der Waals surface area contributed by atoms with E-state index in [4.69, 9.17) is 0 Å². The average molecular weight is 460 g/mol. The summed E-state index contributed by atoms with van der Waals surface area (Å²) in [5.41, 5.74) is -0.565. The van der Waals surface area contributed by atoms with Crippen LogP contribution in [0.25, 0.3) is 10.4 Å². The highest BCUT2D eigenvalue weighted by atomic mass is 32.1. The van der Waals surface area contributed by atoms with Crippen molar-refractivity contribution >= 4 is 23.1 Å². The summed E-state index contributed by atoms with van der Waals surface area (Å²) in [5.74, 6) is -3.74. The molecule has 0 bridgehead atoms. The molecular formula is C20H21F5N4OS. The van der Waals surface area contributed by atoms with Gasteiger partial charge in [-0.25, -0.2) is 18.7 Å². The highest BCUT2D eigenvalue weighted by Crippen LogP contribution is 2.42. The van der Waals surface area contributed by atoms with Crippen molar-refractivity contribution < 1.29 is 26.7 Å². The molecule has 0 radical (unpaired) electrons. The van der Waals surface area contributed by atoms with Gasteiger partial charge in [-0.2, -0.15) is 13.2 Å².